The fourth-order valence-corrected chi connectivity index (χ4v) is 1.83. The zero-order valence-corrected chi connectivity index (χ0v) is 10.9. The lowest BCUT2D eigenvalue weighted by Crippen LogP contribution is -2.32. The van der Waals surface area contributed by atoms with Crippen LogP contribution in [0.1, 0.15) is 18.2 Å². The Kier molecular flexibility index (Phi) is 4.73. The minimum absolute atomic E-state index is 0.148. The highest BCUT2D eigenvalue weighted by molar-refractivity contribution is 5.76. The molecular weight excluding hydrogens is 260 g/mol. The highest BCUT2D eigenvalue weighted by Gasteiger charge is 2.15. The first-order valence-corrected chi connectivity index (χ1v) is 6.30. The molecule has 2 aromatic rings. The molecule has 0 aliphatic rings. The molecule has 0 radical (unpaired) electrons. The normalized spacial score (nSPS) is 12.1. The summed E-state index contributed by atoms with van der Waals surface area (Å²) >= 11 is 0. The van der Waals surface area contributed by atoms with Gasteiger partial charge >= 0.3 is 0 Å². The van der Waals surface area contributed by atoms with E-state index in [2.05, 4.69) is 5.32 Å². The second-order valence-electron chi connectivity index (χ2n) is 4.30. The monoisotopic (exact) mass is 276 g/mol. The van der Waals surface area contributed by atoms with Crippen LogP contribution in [-0.2, 0) is 11.3 Å². The molecule has 6 nitrogen and oxygen atoms in total. The van der Waals surface area contributed by atoms with Gasteiger partial charge in [-0.3, -0.25) is 9.59 Å². The summed E-state index contributed by atoms with van der Waals surface area (Å²) in [5.74, 6) is 0.244. The number of aliphatic hydroxyl groups is 1. The highest BCUT2D eigenvalue weighted by atomic mass is 16.3. The van der Waals surface area contributed by atoms with Gasteiger partial charge < -0.3 is 19.4 Å². The molecular formula is C14H16N2O4. The van der Waals surface area contributed by atoms with Crippen molar-refractivity contribution in [2.24, 2.45) is 0 Å². The van der Waals surface area contributed by atoms with E-state index in [4.69, 9.17) is 4.42 Å². The quantitative estimate of drug-likeness (QED) is 0.812. The second kappa shape index (κ2) is 6.72. The summed E-state index contributed by atoms with van der Waals surface area (Å²) in [7, 11) is 0. The zero-order valence-electron chi connectivity index (χ0n) is 10.9. The molecule has 0 fully saturated rings. The van der Waals surface area contributed by atoms with E-state index in [1.807, 2.05) is 0 Å². The molecule has 106 valence electrons. The van der Waals surface area contributed by atoms with Crippen LogP contribution in [0.5, 0.6) is 0 Å². The molecule has 1 amide bonds. The average molecular weight is 276 g/mol. The van der Waals surface area contributed by atoms with E-state index in [-0.39, 0.29) is 24.5 Å². The van der Waals surface area contributed by atoms with E-state index in [1.54, 1.807) is 30.5 Å². The Morgan fingerprint density at radius 2 is 2.20 bits per heavy atom. The SMILES string of the molecule is O=C(CCn1ccccc1=O)NC(CO)c1ccco1. The minimum atomic E-state index is -0.565. The van der Waals surface area contributed by atoms with Crippen LogP contribution >= 0.6 is 0 Å². The Morgan fingerprint density at radius 3 is 2.85 bits per heavy atom. The third-order valence-electron chi connectivity index (χ3n) is 2.88. The van der Waals surface area contributed by atoms with Crippen molar-refractivity contribution in [3.05, 3.63) is 58.9 Å². The maximum Gasteiger partial charge on any atom is 0.250 e. The Bertz CT molecular complexity index is 604. The molecule has 2 heterocycles. The molecule has 0 aromatic carbocycles. The summed E-state index contributed by atoms with van der Waals surface area (Å²) in [6.45, 7) is 0.0480. The smallest absolute Gasteiger partial charge is 0.250 e. The average Bonchev–Trinajstić information content (AvgIpc) is 2.98. The summed E-state index contributed by atoms with van der Waals surface area (Å²) < 4.78 is 6.60. The van der Waals surface area contributed by atoms with Crippen LogP contribution in [0.25, 0.3) is 0 Å². The van der Waals surface area contributed by atoms with Crippen LogP contribution in [0.2, 0.25) is 0 Å². The van der Waals surface area contributed by atoms with Crippen LogP contribution in [0.15, 0.2) is 52.0 Å². The third kappa shape index (κ3) is 3.58. The fraction of sp³-hybridized carbons (Fsp3) is 0.286. The lowest BCUT2D eigenvalue weighted by molar-refractivity contribution is -0.122. The lowest BCUT2D eigenvalue weighted by atomic mass is 10.2. The van der Waals surface area contributed by atoms with Crippen LogP contribution < -0.4 is 10.9 Å². The van der Waals surface area contributed by atoms with Crippen molar-refractivity contribution in [2.45, 2.75) is 19.0 Å². The Hall–Kier alpha value is -2.34. The molecule has 2 N–H and O–H groups in total. The molecule has 6 heteroatoms. The van der Waals surface area contributed by atoms with E-state index < -0.39 is 6.04 Å². The van der Waals surface area contributed by atoms with Gasteiger partial charge in [0.15, 0.2) is 0 Å². The summed E-state index contributed by atoms with van der Waals surface area (Å²) in [5.41, 5.74) is -0.148. The van der Waals surface area contributed by atoms with E-state index in [0.717, 1.165) is 0 Å². The Morgan fingerprint density at radius 1 is 1.35 bits per heavy atom. The molecule has 0 aliphatic heterocycles. The number of nitrogens with zero attached hydrogens (tertiary/aromatic N) is 1. The van der Waals surface area contributed by atoms with Crippen molar-refractivity contribution in [3.8, 4) is 0 Å². The number of nitrogens with one attached hydrogen (secondary N) is 1. The van der Waals surface area contributed by atoms with E-state index in [1.165, 1.54) is 16.9 Å². The number of carbonyl (C=O) groups is 1. The van der Waals surface area contributed by atoms with Gasteiger partial charge in [0.1, 0.15) is 11.8 Å². The molecule has 0 saturated carbocycles. The Balaban J connectivity index is 1.89. The summed E-state index contributed by atoms with van der Waals surface area (Å²) in [6, 6.07) is 7.63. The molecule has 0 aliphatic carbocycles. The third-order valence-corrected chi connectivity index (χ3v) is 2.88. The predicted molar refractivity (Wildman–Crippen MR) is 72.0 cm³/mol. The van der Waals surface area contributed by atoms with Gasteiger partial charge in [0.05, 0.1) is 12.9 Å². The number of rotatable bonds is 6. The second-order valence-corrected chi connectivity index (χ2v) is 4.30. The first-order chi connectivity index (χ1) is 9.70. The van der Waals surface area contributed by atoms with Crippen molar-refractivity contribution < 1.29 is 14.3 Å². The van der Waals surface area contributed by atoms with Gasteiger partial charge in [-0.05, 0) is 18.2 Å². The van der Waals surface area contributed by atoms with Gasteiger partial charge in [-0.2, -0.15) is 0 Å². The van der Waals surface area contributed by atoms with Gasteiger partial charge in [0, 0.05) is 25.2 Å². The number of hydrogen-bond donors (Lipinski definition) is 2. The van der Waals surface area contributed by atoms with Crippen LogP contribution in [-0.4, -0.2) is 22.2 Å². The number of aliphatic hydroxyl groups excluding tert-OH is 1. The maximum atomic E-state index is 11.8. The van der Waals surface area contributed by atoms with E-state index in [9.17, 15) is 14.7 Å². The lowest BCUT2D eigenvalue weighted by Gasteiger charge is -2.14. The molecule has 20 heavy (non-hydrogen) atoms. The van der Waals surface area contributed by atoms with Crippen molar-refractivity contribution in [1.29, 1.82) is 0 Å². The molecule has 2 aromatic heterocycles. The van der Waals surface area contributed by atoms with Crippen molar-refractivity contribution in [3.63, 3.8) is 0 Å². The highest BCUT2D eigenvalue weighted by Crippen LogP contribution is 2.12. The van der Waals surface area contributed by atoms with Gasteiger partial charge in [-0.15, -0.1) is 0 Å². The van der Waals surface area contributed by atoms with E-state index >= 15 is 0 Å². The topological polar surface area (TPSA) is 84.5 Å². The predicted octanol–water partition coefficient (Wildman–Crippen LogP) is 0.681. The number of furan rings is 1. The number of aryl methyl sites for hydroxylation is 1. The molecule has 1 unspecified atom stereocenters. The summed E-state index contributed by atoms with van der Waals surface area (Å²) in [4.78, 5) is 23.3. The minimum Gasteiger partial charge on any atom is -0.467 e. The molecule has 2 rings (SSSR count). The summed E-state index contributed by atoms with van der Waals surface area (Å²) in [6.07, 6.45) is 3.26. The fourth-order valence-electron chi connectivity index (χ4n) is 1.83. The van der Waals surface area contributed by atoms with Gasteiger partial charge in [0.25, 0.3) is 5.56 Å². The number of amides is 1. The number of carbonyl (C=O) groups excluding carboxylic acids is 1. The molecule has 0 bridgehead atoms. The van der Waals surface area contributed by atoms with Crippen LogP contribution in [0.3, 0.4) is 0 Å². The van der Waals surface area contributed by atoms with Crippen LogP contribution in [0.4, 0.5) is 0 Å². The standard InChI is InChI=1S/C14H16N2O4/c17-10-11(12-4-3-9-20-12)15-13(18)6-8-16-7-2-1-5-14(16)19/h1-5,7,9,11,17H,6,8,10H2,(H,15,18). The zero-order chi connectivity index (χ0) is 14.4. The van der Waals surface area contributed by atoms with Gasteiger partial charge in [-0.1, -0.05) is 6.07 Å². The first-order valence-electron chi connectivity index (χ1n) is 6.30. The van der Waals surface area contributed by atoms with Crippen molar-refractivity contribution >= 4 is 5.91 Å². The van der Waals surface area contributed by atoms with Crippen LogP contribution in [0, 0.1) is 0 Å². The van der Waals surface area contributed by atoms with Crippen molar-refractivity contribution in [2.75, 3.05) is 6.61 Å². The molecule has 1 atom stereocenters. The maximum absolute atomic E-state index is 11.8. The largest absolute Gasteiger partial charge is 0.467 e. The molecule has 0 spiro atoms. The summed E-state index contributed by atoms with van der Waals surface area (Å²) in [5, 5.41) is 11.9. The molecule has 0 saturated heterocycles. The number of hydrogen-bond acceptors (Lipinski definition) is 4. The number of aromatic nitrogens is 1. The van der Waals surface area contributed by atoms with Gasteiger partial charge in [0.2, 0.25) is 5.91 Å². The number of pyridine rings is 1. The van der Waals surface area contributed by atoms with E-state index in [0.29, 0.717) is 12.3 Å². The Labute approximate surface area is 115 Å². The first kappa shape index (κ1) is 14.1. The van der Waals surface area contributed by atoms with Gasteiger partial charge in [-0.25, -0.2) is 0 Å². The van der Waals surface area contributed by atoms with Crippen molar-refractivity contribution in [1.82, 2.24) is 9.88 Å².